The Kier molecular flexibility index (Phi) is 13.2. The van der Waals surface area contributed by atoms with Gasteiger partial charge in [0.15, 0.2) is 0 Å². The van der Waals surface area contributed by atoms with Gasteiger partial charge in [-0.15, -0.1) is 23.2 Å². The number of aliphatic hydroxyl groups excluding tert-OH is 2. The monoisotopic (exact) mass is 480 g/mol. The fraction of sp³-hybridized carbons (Fsp3) is 0.429. The summed E-state index contributed by atoms with van der Waals surface area (Å²) in [6, 6.07) is 15.6. The van der Waals surface area contributed by atoms with Crippen molar-refractivity contribution in [2.45, 2.75) is 31.5 Å². The molecule has 0 heterocycles. The second kappa shape index (κ2) is 13.5. The van der Waals surface area contributed by atoms with E-state index in [4.69, 9.17) is 32.7 Å². The van der Waals surface area contributed by atoms with E-state index in [0.29, 0.717) is 11.5 Å². The Balaban J connectivity index is 0.00000392. The van der Waals surface area contributed by atoms with Gasteiger partial charge in [-0.25, -0.2) is 0 Å². The molecule has 0 fully saturated rings. The summed E-state index contributed by atoms with van der Waals surface area (Å²) in [4.78, 5) is 0. The molecule has 2 aromatic carbocycles. The van der Waals surface area contributed by atoms with Crippen LogP contribution in [0, 0.1) is 0 Å². The van der Waals surface area contributed by atoms with Crippen LogP contribution in [0.3, 0.4) is 0 Å². The summed E-state index contributed by atoms with van der Waals surface area (Å²) in [7, 11) is 0. The molecule has 2 unspecified atom stereocenters. The highest BCUT2D eigenvalue weighted by Crippen LogP contribution is 2.33. The average molecular weight is 482 g/mol. The third kappa shape index (κ3) is 8.48. The molecule has 29 heavy (non-hydrogen) atoms. The van der Waals surface area contributed by atoms with Crippen LogP contribution < -0.4 is 9.47 Å². The van der Waals surface area contributed by atoms with Gasteiger partial charge in [0, 0.05) is 5.41 Å². The van der Waals surface area contributed by atoms with Gasteiger partial charge in [-0.1, -0.05) is 38.1 Å². The average Bonchev–Trinajstić information content (AvgIpc) is 2.70. The molecule has 2 aromatic rings. The Labute approximate surface area is 197 Å². The third-order valence-electron chi connectivity index (χ3n) is 4.39. The Morgan fingerprint density at radius 3 is 1.31 bits per heavy atom. The van der Waals surface area contributed by atoms with Crippen LogP contribution in [0.2, 0.25) is 0 Å². The fourth-order valence-corrected chi connectivity index (χ4v) is 2.75. The summed E-state index contributed by atoms with van der Waals surface area (Å²) in [5.74, 6) is 1.69. The molecule has 0 saturated carbocycles. The largest absolute Gasteiger partial charge is 0.491 e. The van der Waals surface area contributed by atoms with Crippen LogP contribution >= 0.6 is 50.2 Å². The van der Waals surface area contributed by atoms with E-state index in [-0.39, 0.29) is 57.4 Å². The fourth-order valence-electron chi connectivity index (χ4n) is 2.58. The molecule has 2 rings (SSSR count). The lowest BCUT2D eigenvalue weighted by Crippen LogP contribution is -2.20. The van der Waals surface area contributed by atoms with Crippen LogP contribution in [0.5, 0.6) is 11.5 Å². The third-order valence-corrected chi connectivity index (χ3v) is 5.11. The number of alkyl halides is 2. The van der Waals surface area contributed by atoms with Crippen LogP contribution in [0.15, 0.2) is 48.5 Å². The maximum Gasteiger partial charge on any atom is 0.119 e. The first kappa shape index (κ1) is 28.2. The number of ether oxygens (including phenoxy) is 2. The Bertz CT molecular complexity index is 637. The van der Waals surface area contributed by atoms with Crippen molar-refractivity contribution in [1.82, 2.24) is 0 Å². The second-order valence-electron chi connectivity index (χ2n) is 6.91. The van der Waals surface area contributed by atoms with Gasteiger partial charge in [0.05, 0.1) is 11.8 Å². The highest BCUT2D eigenvalue weighted by Gasteiger charge is 2.23. The van der Waals surface area contributed by atoms with E-state index in [2.05, 4.69) is 13.8 Å². The molecule has 0 spiro atoms. The number of benzene rings is 2. The minimum Gasteiger partial charge on any atom is -0.491 e. The lowest BCUT2D eigenvalue weighted by molar-refractivity contribution is 0.125. The Morgan fingerprint density at radius 1 is 0.724 bits per heavy atom. The van der Waals surface area contributed by atoms with Crippen LogP contribution in [-0.4, -0.2) is 47.4 Å². The number of hydrogen-bond acceptors (Lipinski definition) is 4. The van der Waals surface area contributed by atoms with Crippen molar-refractivity contribution in [3.8, 4) is 11.5 Å². The summed E-state index contributed by atoms with van der Waals surface area (Å²) in [6.07, 6.45) is -1.34. The van der Waals surface area contributed by atoms with Crippen molar-refractivity contribution in [1.29, 1.82) is 0 Å². The first-order valence-electron chi connectivity index (χ1n) is 8.81. The number of hydrogen-bond donors (Lipinski definition) is 2. The predicted molar refractivity (Wildman–Crippen MR) is 130 cm³/mol. The Hall–Kier alpha value is -0.760. The van der Waals surface area contributed by atoms with Gasteiger partial charge < -0.3 is 19.7 Å². The summed E-state index contributed by atoms with van der Waals surface area (Å²) in [6.45, 7) is 4.64. The van der Waals surface area contributed by atoms with Crippen molar-refractivity contribution in [2.24, 2.45) is 0 Å². The zero-order valence-electron chi connectivity index (χ0n) is 16.6. The maximum absolute atomic E-state index is 9.47. The van der Waals surface area contributed by atoms with E-state index in [1.807, 2.05) is 48.5 Å². The van der Waals surface area contributed by atoms with E-state index >= 15 is 0 Å². The predicted octanol–water partition coefficient (Wildman–Crippen LogP) is 4.20. The number of halogens is 2. The molecular formula is C21H30Cl2O4S2. The van der Waals surface area contributed by atoms with Crippen molar-refractivity contribution < 1.29 is 19.7 Å². The molecule has 164 valence electrons. The van der Waals surface area contributed by atoms with Gasteiger partial charge in [0.2, 0.25) is 0 Å². The quantitative estimate of drug-likeness (QED) is 0.500. The molecule has 0 aliphatic rings. The van der Waals surface area contributed by atoms with E-state index < -0.39 is 12.2 Å². The molecule has 2 N–H and O–H groups in total. The molecule has 0 saturated heterocycles. The molecule has 4 nitrogen and oxygen atoms in total. The zero-order valence-corrected chi connectivity index (χ0v) is 20.1. The molecule has 0 radical (unpaired) electrons. The van der Waals surface area contributed by atoms with Crippen molar-refractivity contribution >= 4 is 50.2 Å². The summed E-state index contributed by atoms with van der Waals surface area (Å²) < 4.78 is 11.0. The van der Waals surface area contributed by atoms with E-state index in [9.17, 15) is 10.2 Å². The van der Waals surface area contributed by atoms with E-state index in [1.54, 1.807) is 0 Å². The van der Waals surface area contributed by atoms with Gasteiger partial charge in [0.25, 0.3) is 0 Å². The first-order valence-corrected chi connectivity index (χ1v) is 9.88. The molecule has 0 aromatic heterocycles. The van der Waals surface area contributed by atoms with Gasteiger partial charge in [-0.2, -0.15) is 27.0 Å². The van der Waals surface area contributed by atoms with Gasteiger partial charge >= 0.3 is 0 Å². The van der Waals surface area contributed by atoms with Gasteiger partial charge in [-0.3, -0.25) is 0 Å². The minimum absolute atomic E-state index is 0. The molecule has 0 aliphatic carbocycles. The van der Waals surface area contributed by atoms with Gasteiger partial charge in [-0.05, 0) is 35.4 Å². The van der Waals surface area contributed by atoms with Crippen molar-refractivity contribution in [3.63, 3.8) is 0 Å². The van der Waals surface area contributed by atoms with Crippen LogP contribution in [0.1, 0.15) is 25.0 Å². The van der Waals surface area contributed by atoms with Crippen molar-refractivity contribution in [3.05, 3.63) is 59.7 Å². The topological polar surface area (TPSA) is 58.9 Å². The van der Waals surface area contributed by atoms with Crippen LogP contribution in [-0.2, 0) is 5.41 Å². The van der Waals surface area contributed by atoms with E-state index in [1.165, 1.54) is 0 Å². The SMILES string of the molecule is CC(C)(c1ccc(OCC(O)CCl)cc1)c1ccc(OCC(O)CCl)cc1.S.S. The number of rotatable bonds is 10. The Morgan fingerprint density at radius 2 is 1.03 bits per heavy atom. The smallest absolute Gasteiger partial charge is 0.119 e. The van der Waals surface area contributed by atoms with Crippen molar-refractivity contribution in [2.75, 3.05) is 25.0 Å². The standard InChI is InChI=1S/C21H26Cl2O4.2H2S/c1-21(2,15-3-7-19(8-4-15)26-13-17(24)11-22)16-5-9-20(10-6-16)27-14-18(25)12-23;;/h3-10,17-18,24-25H,11-14H2,1-2H3;2*1H2. The lowest BCUT2D eigenvalue weighted by atomic mass is 9.78. The zero-order chi connectivity index (χ0) is 19.9. The molecular weight excluding hydrogens is 451 g/mol. The van der Waals surface area contributed by atoms with Crippen LogP contribution in [0.4, 0.5) is 0 Å². The summed E-state index contributed by atoms with van der Waals surface area (Å²) in [5, 5.41) is 18.9. The maximum atomic E-state index is 9.47. The molecule has 0 bridgehead atoms. The van der Waals surface area contributed by atoms with Crippen LogP contribution in [0.25, 0.3) is 0 Å². The lowest BCUT2D eigenvalue weighted by Gasteiger charge is -2.26. The highest BCUT2D eigenvalue weighted by molar-refractivity contribution is 7.59. The molecule has 2 atom stereocenters. The minimum atomic E-state index is -0.672. The first-order chi connectivity index (χ1) is 12.9. The highest BCUT2D eigenvalue weighted by atomic mass is 35.5. The molecule has 0 amide bonds. The summed E-state index contributed by atoms with van der Waals surface area (Å²) >= 11 is 11.1. The second-order valence-corrected chi connectivity index (χ2v) is 7.53. The van der Waals surface area contributed by atoms with Gasteiger partial charge in [0.1, 0.15) is 36.9 Å². The van der Waals surface area contributed by atoms with E-state index in [0.717, 1.165) is 11.1 Å². The molecule has 0 aliphatic heterocycles. The molecule has 8 heteroatoms. The summed E-state index contributed by atoms with van der Waals surface area (Å²) in [5.41, 5.74) is 2.07. The number of aliphatic hydroxyl groups is 2. The normalized spacial score (nSPS) is 12.9.